The highest BCUT2D eigenvalue weighted by Crippen LogP contribution is 2.36. The fourth-order valence-corrected chi connectivity index (χ4v) is 2.17. The van der Waals surface area contributed by atoms with Crippen LogP contribution >= 0.6 is 11.6 Å². The molecule has 20 heavy (non-hydrogen) atoms. The minimum Gasteiger partial charge on any atom is -0.391 e. The Morgan fingerprint density at radius 1 is 1.25 bits per heavy atom. The summed E-state index contributed by atoms with van der Waals surface area (Å²) in [6.07, 6.45) is -4.00. The molecule has 0 amide bonds. The lowest BCUT2D eigenvalue weighted by atomic mass is 9.95. The van der Waals surface area contributed by atoms with Crippen LogP contribution in [0.5, 0.6) is 0 Å². The normalized spacial score (nSPS) is 15.4. The van der Waals surface area contributed by atoms with Gasteiger partial charge < -0.3 is 10.8 Å². The predicted molar refractivity (Wildman–Crippen MR) is 73.5 cm³/mol. The van der Waals surface area contributed by atoms with Crippen molar-refractivity contribution >= 4 is 11.6 Å². The van der Waals surface area contributed by atoms with Crippen LogP contribution < -0.4 is 5.73 Å². The topological polar surface area (TPSA) is 46.2 Å². The SMILES string of the molecule is CC(C)CC[C@H](O)[C@H](N)c1ccc(C(F)(F)F)c(Cl)c1. The second-order valence-electron chi connectivity index (χ2n) is 5.30. The van der Waals surface area contributed by atoms with E-state index in [-0.39, 0.29) is 0 Å². The van der Waals surface area contributed by atoms with Crippen molar-refractivity contribution in [2.75, 3.05) is 0 Å². The summed E-state index contributed by atoms with van der Waals surface area (Å²) in [5.74, 6) is 0.424. The Morgan fingerprint density at radius 2 is 1.85 bits per heavy atom. The fraction of sp³-hybridized carbons (Fsp3) is 0.571. The van der Waals surface area contributed by atoms with Crippen molar-refractivity contribution < 1.29 is 18.3 Å². The van der Waals surface area contributed by atoms with E-state index in [2.05, 4.69) is 0 Å². The molecule has 2 nitrogen and oxygen atoms in total. The van der Waals surface area contributed by atoms with Crippen LogP contribution in [-0.2, 0) is 6.18 Å². The average Bonchev–Trinajstić information content (AvgIpc) is 2.33. The molecule has 2 atom stereocenters. The lowest BCUT2D eigenvalue weighted by Crippen LogP contribution is -2.26. The Morgan fingerprint density at radius 3 is 2.30 bits per heavy atom. The number of nitrogens with two attached hydrogens (primary N) is 1. The van der Waals surface area contributed by atoms with Gasteiger partial charge in [0.05, 0.1) is 22.7 Å². The number of rotatable bonds is 5. The number of benzene rings is 1. The van der Waals surface area contributed by atoms with Gasteiger partial charge in [0.2, 0.25) is 0 Å². The van der Waals surface area contributed by atoms with Crippen LogP contribution in [-0.4, -0.2) is 11.2 Å². The maximum atomic E-state index is 12.6. The van der Waals surface area contributed by atoms with Crippen LogP contribution in [0.4, 0.5) is 13.2 Å². The van der Waals surface area contributed by atoms with Gasteiger partial charge in [-0.05, 0) is 36.5 Å². The van der Waals surface area contributed by atoms with Crippen molar-refractivity contribution in [2.45, 2.75) is 45.0 Å². The molecule has 0 fully saturated rings. The van der Waals surface area contributed by atoms with Gasteiger partial charge in [0.1, 0.15) is 0 Å². The van der Waals surface area contributed by atoms with E-state index in [0.29, 0.717) is 17.9 Å². The number of aliphatic hydroxyl groups is 1. The third kappa shape index (κ3) is 4.65. The van der Waals surface area contributed by atoms with Gasteiger partial charge in [-0.15, -0.1) is 0 Å². The van der Waals surface area contributed by atoms with Crippen LogP contribution in [0.2, 0.25) is 5.02 Å². The highest BCUT2D eigenvalue weighted by atomic mass is 35.5. The van der Waals surface area contributed by atoms with Crippen molar-refractivity contribution in [3.8, 4) is 0 Å². The van der Waals surface area contributed by atoms with E-state index >= 15 is 0 Å². The molecule has 0 heterocycles. The van der Waals surface area contributed by atoms with Crippen LogP contribution in [0.3, 0.4) is 0 Å². The standard InChI is InChI=1S/C14H19ClF3NO/c1-8(2)3-6-12(20)13(19)9-4-5-10(11(15)7-9)14(16,17)18/h4-5,7-8,12-13,20H,3,6,19H2,1-2H3/t12-,13+/m0/s1. The lowest BCUT2D eigenvalue weighted by molar-refractivity contribution is -0.137. The monoisotopic (exact) mass is 309 g/mol. The molecular weight excluding hydrogens is 291 g/mol. The Hall–Kier alpha value is -0.780. The minimum absolute atomic E-state index is 0.401. The number of aliphatic hydroxyl groups excluding tert-OH is 1. The summed E-state index contributed by atoms with van der Waals surface area (Å²) in [5, 5.41) is 9.55. The Balaban J connectivity index is 2.84. The van der Waals surface area contributed by atoms with Crippen molar-refractivity contribution in [1.29, 1.82) is 0 Å². The van der Waals surface area contributed by atoms with Gasteiger partial charge in [-0.25, -0.2) is 0 Å². The second kappa shape index (κ2) is 6.78. The highest BCUT2D eigenvalue weighted by molar-refractivity contribution is 6.31. The van der Waals surface area contributed by atoms with Gasteiger partial charge in [-0.1, -0.05) is 31.5 Å². The summed E-state index contributed by atoms with van der Waals surface area (Å²) in [5.41, 5.74) is 5.37. The summed E-state index contributed by atoms with van der Waals surface area (Å²) < 4.78 is 37.8. The van der Waals surface area contributed by atoms with Gasteiger partial charge in [0, 0.05) is 0 Å². The molecule has 6 heteroatoms. The lowest BCUT2D eigenvalue weighted by Gasteiger charge is -2.21. The number of hydrogen-bond donors (Lipinski definition) is 2. The molecule has 1 aromatic carbocycles. The third-order valence-corrected chi connectivity index (χ3v) is 3.45. The van der Waals surface area contributed by atoms with Gasteiger partial charge in [0.25, 0.3) is 0 Å². The van der Waals surface area contributed by atoms with Gasteiger partial charge in [-0.3, -0.25) is 0 Å². The average molecular weight is 310 g/mol. The Labute approximate surface area is 121 Å². The second-order valence-corrected chi connectivity index (χ2v) is 5.71. The molecule has 0 bridgehead atoms. The molecule has 0 aliphatic heterocycles. The minimum atomic E-state index is -4.49. The molecule has 0 saturated heterocycles. The number of alkyl halides is 3. The van der Waals surface area contributed by atoms with Gasteiger partial charge in [-0.2, -0.15) is 13.2 Å². The zero-order valence-corrected chi connectivity index (χ0v) is 12.2. The van der Waals surface area contributed by atoms with Gasteiger partial charge in [0.15, 0.2) is 0 Å². The maximum absolute atomic E-state index is 12.6. The summed E-state index contributed by atoms with van der Waals surface area (Å²) in [7, 11) is 0. The zero-order valence-electron chi connectivity index (χ0n) is 11.4. The highest BCUT2D eigenvalue weighted by Gasteiger charge is 2.33. The van der Waals surface area contributed by atoms with Crippen LogP contribution in [0.1, 0.15) is 43.9 Å². The first-order valence-corrected chi connectivity index (χ1v) is 6.81. The summed E-state index contributed by atoms with van der Waals surface area (Å²) in [4.78, 5) is 0. The molecule has 0 aromatic heterocycles. The maximum Gasteiger partial charge on any atom is 0.417 e. The van der Waals surface area contributed by atoms with E-state index in [1.54, 1.807) is 0 Å². The third-order valence-electron chi connectivity index (χ3n) is 3.14. The predicted octanol–water partition coefficient (Wildman–Crippen LogP) is 4.16. The quantitative estimate of drug-likeness (QED) is 0.858. The molecule has 0 aliphatic carbocycles. The molecule has 1 aromatic rings. The van der Waals surface area contributed by atoms with Crippen molar-refractivity contribution in [1.82, 2.24) is 0 Å². The number of halogens is 4. The first kappa shape index (κ1) is 17.3. The van der Waals surface area contributed by atoms with E-state index in [4.69, 9.17) is 17.3 Å². The molecule has 1 rings (SSSR count). The van der Waals surface area contributed by atoms with Gasteiger partial charge >= 0.3 is 6.18 Å². The van der Waals surface area contributed by atoms with E-state index in [1.165, 1.54) is 12.1 Å². The molecule has 0 spiro atoms. The Kier molecular flexibility index (Phi) is 5.86. The number of hydrogen-bond acceptors (Lipinski definition) is 2. The Bertz CT molecular complexity index is 449. The largest absolute Gasteiger partial charge is 0.417 e. The molecular formula is C14H19ClF3NO. The van der Waals surface area contributed by atoms with Crippen molar-refractivity contribution in [3.05, 3.63) is 34.3 Å². The van der Waals surface area contributed by atoms with E-state index < -0.39 is 28.9 Å². The van der Waals surface area contributed by atoms with E-state index in [1.807, 2.05) is 13.8 Å². The van der Waals surface area contributed by atoms with E-state index in [9.17, 15) is 18.3 Å². The van der Waals surface area contributed by atoms with Crippen LogP contribution in [0, 0.1) is 5.92 Å². The van der Waals surface area contributed by atoms with Crippen molar-refractivity contribution in [2.24, 2.45) is 11.7 Å². The zero-order chi connectivity index (χ0) is 15.5. The molecule has 0 saturated carbocycles. The van der Waals surface area contributed by atoms with Crippen molar-refractivity contribution in [3.63, 3.8) is 0 Å². The molecule has 114 valence electrons. The summed E-state index contributed by atoms with van der Waals surface area (Å²) >= 11 is 5.63. The van der Waals surface area contributed by atoms with Crippen LogP contribution in [0.25, 0.3) is 0 Å². The first-order chi connectivity index (χ1) is 9.12. The molecule has 0 aliphatic rings. The molecule has 3 N–H and O–H groups in total. The van der Waals surface area contributed by atoms with E-state index in [0.717, 1.165) is 12.5 Å². The molecule has 0 unspecified atom stereocenters. The summed E-state index contributed by atoms with van der Waals surface area (Å²) in [6.45, 7) is 4.04. The van der Waals surface area contributed by atoms with Crippen LogP contribution in [0.15, 0.2) is 18.2 Å². The molecule has 0 radical (unpaired) electrons. The smallest absolute Gasteiger partial charge is 0.391 e. The summed E-state index contributed by atoms with van der Waals surface area (Å²) in [6, 6.07) is 2.59. The fourth-order valence-electron chi connectivity index (χ4n) is 1.87. The first-order valence-electron chi connectivity index (χ1n) is 6.43.